The number of ether oxygens (including phenoxy) is 6. The predicted octanol–water partition coefficient (Wildman–Crippen LogP) is 6.50. The highest BCUT2D eigenvalue weighted by molar-refractivity contribution is 8.01. The van der Waals surface area contributed by atoms with Gasteiger partial charge in [-0.1, -0.05) is 41.5 Å². The molecule has 0 radical (unpaired) electrons. The van der Waals surface area contributed by atoms with E-state index in [-0.39, 0.29) is 123 Å². The van der Waals surface area contributed by atoms with Crippen LogP contribution < -0.4 is 0 Å². The van der Waals surface area contributed by atoms with E-state index < -0.39 is 41.9 Å². The molecular formula is C39H68O15S3. The fraction of sp³-hybridized carbons (Fsp3) is 0.846. The molecule has 0 fully saturated rings. The molecule has 0 amide bonds. The minimum atomic E-state index is -0.874. The number of carbonyl (C=O) groups excluding carboxylic acids is 3. The van der Waals surface area contributed by atoms with Gasteiger partial charge in [0.15, 0.2) is 0 Å². The second-order valence-electron chi connectivity index (χ2n) is 13.3. The Labute approximate surface area is 351 Å². The largest absolute Gasteiger partial charge is 0.481 e. The molecule has 0 aliphatic heterocycles. The molecule has 0 aromatic rings. The summed E-state index contributed by atoms with van der Waals surface area (Å²) < 4.78 is 33.4. The van der Waals surface area contributed by atoms with Crippen molar-refractivity contribution in [1.29, 1.82) is 0 Å². The Hall–Kier alpha value is -2.25. The van der Waals surface area contributed by atoms with Crippen LogP contribution in [0.1, 0.15) is 119 Å². The van der Waals surface area contributed by atoms with Crippen LogP contribution in [0.25, 0.3) is 0 Å². The van der Waals surface area contributed by atoms with Gasteiger partial charge in [-0.15, -0.1) is 0 Å². The lowest BCUT2D eigenvalue weighted by Gasteiger charge is -2.21. The second kappa shape index (κ2) is 34.6. The highest BCUT2D eigenvalue weighted by Crippen LogP contribution is 2.30. The number of hydrogen-bond donors (Lipinski definition) is 3. The first-order chi connectivity index (χ1) is 27.2. The lowest BCUT2D eigenvalue weighted by Crippen LogP contribution is -2.29. The summed E-state index contributed by atoms with van der Waals surface area (Å²) in [5.41, 5.74) is 0. The van der Waals surface area contributed by atoms with Crippen LogP contribution >= 0.6 is 35.3 Å². The zero-order chi connectivity index (χ0) is 43.0. The summed E-state index contributed by atoms with van der Waals surface area (Å²) in [4.78, 5) is 70.9. The summed E-state index contributed by atoms with van der Waals surface area (Å²) in [5.74, 6) is -3.83. The van der Waals surface area contributed by atoms with Gasteiger partial charge >= 0.3 is 35.8 Å². The highest BCUT2D eigenvalue weighted by atomic mass is 32.2. The van der Waals surface area contributed by atoms with E-state index in [0.29, 0.717) is 38.5 Å². The molecule has 6 atom stereocenters. The molecule has 0 aromatic heterocycles. The van der Waals surface area contributed by atoms with Gasteiger partial charge in [-0.05, 0) is 38.5 Å². The Balaban J connectivity index is 4.99. The van der Waals surface area contributed by atoms with Crippen molar-refractivity contribution in [2.75, 3.05) is 52.9 Å². The van der Waals surface area contributed by atoms with Gasteiger partial charge in [0.05, 0.1) is 71.6 Å². The van der Waals surface area contributed by atoms with Crippen LogP contribution in [0.5, 0.6) is 0 Å². The van der Waals surface area contributed by atoms with Crippen molar-refractivity contribution in [2.45, 2.75) is 156 Å². The number of esters is 3. The van der Waals surface area contributed by atoms with E-state index in [1.807, 2.05) is 41.5 Å². The minimum Gasteiger partial charge on any atom is -0.481 e. The molecule has 0 aromatic carbocycles. The normalized spacial score (nSPS) is 15.1. The summed E-state index contributed by atoms with van der Waals surface area (Å²) in [6.07, 6.45) is 4.05. The van der Waals surface area contributed by atoms with Gasteiger partial charge in [0.2, 0.25) is 0 Å². The van der Waals surface area contributed by atoms with E-state index in [0.717, 1.165) is 0 Å². The SMILES string of the molecule is CCC(CC(=O)O)SC(CC)CC(=O)OCCOCC(COCCOC(=O)CC(CC)SC(CC)CC(=O)O)OCCOC(=O)CC(CC)SC(CC)CC(=O)O. The summed E-state index contributed by atoms with van der Waals surface area (Å²) in [5, 5.41) is 26.9. The van der Waals surface area contributed by atoms with Gasteiger partial charge in [-0.2, -0.15) is 35.3 Å². The van der Waals surface area contributed by atoms with Crippen LogP contribution in [0.3, 0.4) is 0 Å². The molecule has 0 saturated heterocycles. The van der Waals surface area contributed by atoms with Gasteiger partial charge in [-0.3, -0.25) is 28.8 Å². The third-order valence-electron chi connectivity index (χ3n) is 8.57. The van der Waals surface area contributed by atoms with Gasteiger partial charge in [-0.25, -0.2) is 0 Å². The number of aliphatic carboxylic acids is 3. The van der Waals surface area contributed by atoms with Crippen molar-refractivity contribution < 1.29 is 72.5 Å². The lowest BCUT2D eigenvalue weighted by molar-refractivity contribution is -0.150. The average Bonchev–Trinajstić information content (AvgIpc) is 3.16. The number of carboxylic acid groups (broad SMARTS) is 3. The zero-order valence-electron chi connectivity index (χ0n) is 34.6. The maximum absolute atomic E-state index is 12.6. The van der Waals surface area contributed by atoms with Crippen molar-refractivity contribution in [3.63, 3.8) is 0 Å². The molecule has 0 aliphatic carbocycles. The quantitative estimate of drug-likeness (QED) is 0.0343. The molecule has 15 nitrogen and oxygen atoms in total. The Kier molecular flexibility index (Phi) is 33.2. The number of thioether (sulfide) groups is 3. The van der Waals surface area contributed by atoms with Crippen LogP contribution in [-0.4, -0.2) is 142 Å². The van der Waals surface area contributed by atoms with Gasteiger partial charge in [0.25, 0.3) is 0 Å². The molecule has 18 heteroatoms. The lowest BCUT2D eigenvalue weighted by atomic mass is 10.2. The van der Waals surface area contributed by atoms with Gasteiger partial charge < -0.3 is 43.7 Å². The zero-order valence-corrected chi connectivity index (χ0v) is 37.1. The Morgan fingerprint density at radius 3 is 0.930 bits per heavy atom. The standard InChI is InChI=1S/C39H68O15S3/c1-7-28(19-34(40)41)55-31(10-4)22-37(46)52-15-13-49-25-27(51-17-18-54-39(48)24-33(12-6)57-30(9-3)21-36(44)45)26-50-14-16-53-38(47)23-32(11-5)56-29(8-2)20-35(42)43/h27-33H,7-26H2,1-6H3,(H,40,41)(H,42,43)(H,44,45). The van der Waals surface area contributed by atoms with Crippen molar-refractivity contribution in [1.82, 2.24) is 0 Å². The first kappa shape index (κ1) is 54.8. The first-order valence-corrected chi connectivity index (χ1v) is 22.9. The molecule has 0 saturated carbocycles. The molecule has 332 valence electrons. The summed E-state index contributed by atoms with van der Waals surface area (Å²) >= 11 is 4.47. The van der Waals surface area contributed by atoms with Crippen LogP contribution in [0, 0.1) is 0 Å². The molecule has 0 rings (SSSR count). The fourth-order valence-electron chi connectivity index (χ4n) is 5.24. The third-order valence-corrected chi connectivity index (χ3v) is 13.9. The van der Waals surface area contributed by atoms with Crippen molar-refractivity contribution in [3.05, 3.63) is 0 Å². The molecule has 3 N–H and O–H groups in total. The maximum atomic E-state index is 12.6. The number of rotatable bonds is 38. The Morgan fingerprint density at radius 2 is 0.667 bits per heavy atom. The van der Waals surface area contributed by atoms with E-state index >= 15 is 0 Å². The third kappa shape index (κ3) is 30.5. The van der Waals surface area contributed by atoms with E-state index in [1.54, 1.807) is 0 Å². The van der Waals surface area contributed by atoms with Gasteiger partial charge in [0.1, 0.15) is 25.9 Å². The van der Waals surface area contributed by atoms with Crippen LogP contribution in [0.2, 0.25) is 0 Å². The maximum Gasteiger partial charge on any atom is 0.306 e. The van der Waals surface area contributed by atoms with E-state index in [2.05, 4.69) is 0 Å². The van der Waals surface area contributed by atoms with Crippen LogP contribution in [-0.2, 0) is 57.2 Å². The number of carboxylic acids is 3. The smallest absolute Gasteiger partial charge is 0.306 e. The summed E-state index contributed by atoms with van der Waals surface area (Å²) in [6, 6.07) is 0. The van der Waals surface area contributed by atoms with Crippen molar-refractivity contribution >= 4 is 71.1 Å². The molecule has 0 bridgehead atoms. The molecule has 6 unspecified atom stereocenters. The summed E-state index contributed by atoms with van der Waals surface area (Å²) in [7, 11) is 0. The average molecular weight is 873 g/mol. The molecular weight excluding hydrogens is 805 g/mol. The number of hydrogen-bond acceptors (Lipinski definition) is 15. The molecule has 0 spiro atoms. The highest BCUT2D eigenvalue weighted by Gasteiger charge is 2.23. The Morgan fingerprint density at radius 1 is 0.404 bits per heavy atom. The van der Waals surface area contributed by atoms with Crippen molar-refractivity contribution in [2.24, 2.45) is 0 Å². The van der Waals surface area contributed by atoms with E-state index in [1.165, 1.54) is 35.3 Å². The number of carbonyl (C=O) groups is 6. The summed E-state index contributed by atoms with van der Waals surface area (Å²) in [6.45, 7) is 11.9. The van der Waals surface area contributed by atoms with Crippen LogP contribution in [0.4, 0.5) is 0 Å². The van der Waals surface area contributed by atoms with Crippen LogP contribution in [0.15, 0.2) is 0 Å². The van der Waals surface area contributed by atoms with Crippen molar-refractivity contribution in [3.8, 4) is 0 Å². The van der Waals surface area contributed by atoms with Gasteiger partial charge in [0, 0.05) is 31.5 Å². The monoisotopic (exact) mass is 872 g/mol. The topological polar surface area (TPSA) is 218 Å². The molecule has 0 heterocycles. The molecule has 0 aliphatic rings. The van der Waals surface area contributed by atoms with E-state index in [4.69, 9.17) is 43.7 Å². The second-order valence-corrected chi connectivity index (χ2v) is 18.1. The predicted molar refractivity (Wildman–Crippen MR) is 222 cm³/mol. The Bertz CT molecular complexity index is 1090. The molecule has 57 heavy (non-hydrogen) atoms. The fourth-order valence-corrected chi connectivity index (χ4v) is 9.44. The van der Waals surface area contributed by atoms with E-state index in [9.17, 15) is 28.8 Å². The first-order valence-electron chi connectivity index (χ1n) is 20.0. The minimum absolute atomic E-state index is 0.00170.